The van der Waals surface area contributed by atoms with E-state index in [0.717, 1.165) is 53.5 Å². The van der Waals surface area contributed by atoms with Crippen LogP contribution in [0.1, 0.15) is 29.7 Å². The zero-order valence-electron chi connectivity index (χ0n) is 18.4. The average molecular weight is 446 g/mol. The normalized spacial score (nSPS) is 22.1. The van der Waals surface area contributed by atoms with E-state index in [9.17, 15) is 4.39 Å². The van der Waals surface area contributed by atoms with Crippen LogP contribution in [0.2, 0.25) is 0 Å². The maximum Gasteiger partial charge on any atom is 0.275 e. The van der Waals surface area contributed by atoms with Gasteiger partial charge in [-0.15, -0.1) is 0 Å². The van der Waals surface area contributed by atoms with Gasteiger partial charge in [-0.1, -0.05) is 11.2 Å². The molecule has 1 fully saturated rings. The number of oxime groups is 1. The van der Waals surface area contributed by atoms with Crippen molar-refractivity contribution in [2.75, 3.05) is 20.3 Å². The lowest BCUT2D eigenvalue weighted by molar-refractivity contribution is -0.114. The van der Waals surface area contributed by atoms with Crippen LogP contribution in [-0.2, 0) is 10.6 Å². The van der Waals surface area contributed by atoms with Crippen molar-refractivity contribution in [1.29, 1.82) is 0 Å². The van der Waals surface area contributed by atoms with E-state index < -0.39 is 5.72 Å². The van der Waals surface area contributed by atoms with Gasteiger partial charge in [0, 0.05) is 12.7 Å². The zero-order valence-corrected chi connectivity index (χ0v) is 18.4. The van der Waals surface area contributed by atoms with Crippen LogP contribution in [-0.4, -0.2) is 40.5 Å². The van der Waals surface area contributed by atoms with Crippen LogP contribution in [0.4, 0.5) is 4.39 Å². The topological polar surface area (TPSA) is 61.1 Å². The summed E-state index contributed by atoms with van der Waals surface area (Å²) in [5.41, 5.74) is 3.71. The van der Waals surface area contributed by atoms with Gasteiger partial charge in [0.2, 0.25) is 0 Å². The fourth-order valence-corrected chi connectivity index (χ4v) is 4.82. The molecule has 0 amide bonds. The van der Waals surface area contributed by atoms with Crippen LogP contribution < -0.4 is 9.47 Å². The molecule has 8 heteroatoms. The minimum absolute atomic E-state index is 0.277. The molecule has 0 radical (unpaired) electrons. The molecule has 1 spiro atoms. The lowest BCUT2D eigenvalue weighted by atomic mass is 9.95. The number of hydrogen-bond acceptors (Lipinski definition) is 6. The van der Waals surface area contributed by atoms with Crippen molar-refractivity contribution in [2.45, 2.75) is 25.5 Å². The quantitative estimate of drug-likeness (QED) is 0.597. The molecule has 2 aromatic carbocycles. The third kappa shape index (κ3) is 3.08. The molecule has 0 saturated carbocycles. The number of aromatic nitrogens is 2. The Morgan fingerprint density at radius 3 is 2.94 bits per heavy atom. The highest BCUT2D eigenvalue weighted by Gasteiger charge is 2.55. The summed E-state index contributed by atoms with van der Waals surface area (Å²) in [4.78, 5) is 12.4. The number of ether oxygens (including phenoxy) is 2. The summed E-state index contributed by atoms with van der Waals surface area (Å²) < 4.78 is 27.5. The Labute approximate surface area is 190 Å². The number of aryl methyl sites for hydroxylation is 1. The third-order valence-electron chi connectivity index (χ3n) is 6.41. The highest BCUT2D eigenvalue weighted by atomic mass is 19.1. The second-order valence-corrected chi connectivity index (χ2v) is 8.50. The zero-order chi connectivity index (χ0) is 22.6. The van der Waals surface area contributed by atoms with E-state index in [-0.39, 0.29) is 12.4 Å². The molecule has 0 bridgehead atoms. The fraction of sp³-hybridized carbons (Fsp3) is 0.280. The number of benzene rings is 2. The first-order valence-corrected chi connectivity index (χ1v) is 10.9. The van der Waals surface area contributed by atoms with E-state index in [2.05, 4.69) is 27.2 Å². The average Bonchev–Trinajstić information content (AvgIpc) is 3.53. The highest BCUT2D eigenvalue weighted by Crippen LogP contribution is 2.47. The van der Waals surface area contributed by atoms with Gasteiger partial charge < -0.3 is 23.8 Å². The molecule has 3 aliphatic rings. The molecule has 168 valence electrons. The molecular weight excluding hydrogens is 423 g/mol. The number of fused-ring (bicyclic) bond motifs is 4. The van der Waals surface area contributed by atoms with Gasteiger partial charge in [0.15, 0.2) is 12.4 Å². The Morgan fingerprint density at radius 2 is 2.12 bits per heavy atom. The predicted octanol–water partition coefficient (Wildman–Crippen LogP) is 4.40. The lowest BCUT2D eigenvalue weighted by Crippen LogP contribution is -2.50. The summed E-state index contributed by atoms with van der Waals surface area (Å²) in [5.74, 6) is 1.85. The van der Waals surface area contributed by atoms with Crippen molar-refractivity contribution in [3.63, 3.8) is 0 Å². The van der Waals surface area contributed by atoms with Gasteiger partial charge in [-0.2, -0.15) is 0 Å². The first-order valence-electron chi connectivity index (χ1n) is 10.9. The molecule has 1 atom stereocenters. The van der Waals surface area contributed by atoms with Crippen LogP contribution in [0.25, 0.3) is 11.8 Å². The van der Waals surface area contributed by atoms with Crippen LogP contribution in [0.5, 0.6) is 11.5 Å². The molecule has 1 saturated heterocycles. The van der Waals surface area contributed by atoms with E-state index in [1.54, 1.807) is 19.5 Å². The fourth-order valence-electron chi connectivity index (χ4n) is 4.82. The van der Waals surface area contributed by atoms with E-state index in [4.69, 9.17) is 14.3 Å². The Morgan fingerprint density at radius 1 is 1.21 bits per heavy atom. The maximum absolute atomic E-state index is 14.0. The molecular formula is C25H23FN4O3. The number of rotatable bonds is 3. The minimum atomic E-state index is -0.910. The number of amidine groups is 1. The minimum Gasteiger partial charge on any atom is -0.495 e. The molecule has 1 aromatic heterocycles. The summed E-state index contributed by atoms with van der Waals surface area (Å²) in [6.45, 7) is 2.99. The molecule has 0 aliphatic carbocycles. The van der Waals surface area contributed by atoms with E-state index >= 15 is 0 Å². The molecule has 7 nitrogen and oxygen atoms in total. The van der Waals surface area contributed by atoms with Crippen LogP contribution in [0.15, 0.2) is 59.7 Å². The van der Waals surface area contributed by atoms with Crippen molar-refractivity contribution >= 4 is 11.9 Å². The summed E-state index contributed by atoms with van der Waals surface area (Å²) in [6.07, 6.45) is 7.66. The summed E-state index contributed by atoms with van der Waals surface area (Å²) >= 11 is 0. The standard InChI is InChI=1S/C25H23FN4O3/c1-16-13-29(15-27-16)21-7-5-17(11-23(21)31-2)10-18-4-3-9-30-24(18)28-33-25(30)14-32-22-8-6-19(26)12-20(22)25/h5-8,10-13,15H,3-4,9,14H2,1-2H3/b18-10+. The molecule has 3 aliphatic heterocycles. The van der Waals surface area contributed by atoms with Gasteiger partial charge in [0.1, 0.15) is 17.3 Å². The Balaban J connectivity index is 1.34. The highest BCUT2D eigenvalue weighted by molar-refractivity contribution is 6.03. The van der Waals surface area contributed by atoms with Crippen molar-refractivity contribution in [2.24, 2.45) is 5.16 Å². The number of hydrogen-bond donors (Lipinski definition) is 0. The SMILES string of the molecule is COc1cc(/C=C2\CCCN3C2=NOC32COc3ccc(F)cc32)ccc1-n1cnc(C)c1. The molecule has 33 heavy (non-hydrogen) atoms. The third-order valence-corrected chi connectivity index (χ3v) is 6.41. The first kappa shape index (κ1) is 19.8. The molecule has 4 heterocycles. The summed E-state index contributed by atoms with van der Waals surface area (Å²) in [6, 6.07) is 10.6. The monoisotopic (exact) mass is 446 g/mol. The van der Waals surface area contributed by atoms with Crippen molar-refractivity contribution in [1.82, 2.24) is 14.5 Å². The largest absolute Gasteiger partial charge is 0.495 e. The summed E-state index contributed by atoms with van der Waals surface area (Å²) in [7, 11) is 1.66. The predicted molar refractivity (Wildman–Crippen MR) is 121 cm³/mol. The Bertz CT molecular complexity index is 1310. The number of halogens is 1. The lowest BCUT2D eigenvalue weighted by Gasteiger charge is -2.36. The summed E-state index contributed by atoms with van der Waals surface area (Å²) in [5, 5.41) is 4.44. The molecule has 6 rings (SSSR count). The van der Waals surface area contributed by atoms with Crippen molar-refractivity contribution < 1.29 is 18.7 Å². The van der Waals surface area contributed by atoms with Crippen molar-refractivity contribution in [3.05, 3.63) is 77.1 Å². The number of methoxy groups -OCH3 is 1. The van der Waals surface area contributed by atoms with Gasteiger partial charge in [-0.3, -0.25) is 0 Å². The van der Waals surface area contributed by atoms with Crippen LogP contribution >= 0.6 is 0 Å². The van der Waals surface area contributed by atoms with E-state index in [0.29, 0.717) is 11.3 Å². The van der Waals surface area contributed by atoms with Crippen LogP contribution in [0, 0.1) is 12.7 Å². The maximum atomic E-state index is 14.0. The van der Waals surface area contributed by atoms with Crippen LogP contribution in [0.3, 0.4) is 0 Å². The van der Waals surface area contributed by atoms with E-state index in [1.165, 1.54) is 12.1 Å². The molecule has 0 N–H and O–H groups in total. The molecule has 3 aromatic rings. The number of nitrogens with zero attached hydrogens (tertiary/aromatic N) is 4. The molecule has 1 unspecified atom stereocenters. The van der Waals surface area contributed by atoms with Gasteiger partial charge >= 0.3 is 0 Å². The first-order chi connectivity index (χ1) is 16.1. The van der Waals surface area contributed by atoms with Gasteiger partial charge in [0.25, 0.3) is 5.72 Å². The number of piperidine rings is 1. The number of imidazole rings is 1. The van der Waals surface area contributed by atoms with Gasteiger partial charge in [-0.25, -0.2) is 9.37 Å². The second-order valence-electron chi connectivity index (χ2n) is 8.50. The van der Waals surface area contributed by atoms with E-state index in [1.807, 2.05) is 29.8 Å². The second kappa shape index (κ2) is 7.37. The van der Waals surface area contributed by atoms with Gasteiger partial charge in [-0.05, 0) is 67.3 Å². The van der Waals surface area contributed by atoms with Gasteiger partial charge in [0.05, 0.1) is 30.4 Å². The Hall–Kier alpha value is -3.81. The van der Waals surface area contributed by atoms with Crippen molar-refractivity contribution in [3.8, 4) is 17.2 Å². The Kier molecular flexibility index (Phi) is 4.43. The smallest absolute Gasteiger partial charge is 0.275 e.